The van der Waals surface area contributed by atoms with Gasteiger partial charge in [0.05, 0.1) is 24.4 Å². The van der Waals surface area contributed by atoms with Gasteiger partial charge >= 0.3 is 6.18 Å². The SMILES string of the molecule is O=C(Nc1ccc(Br)cc1C(F)(F)F)c1cc(Br)sc1Br. The fourth-order valence-electron chi connectivity index (χ4n) is 1.54. The van der Waals surface area contributed by atoms with Gasteiger partial charge in [0.25, 0.3) is 5.91 Å². The van der Waals surface area contributed by atoms with E-state index in [2.05, 4.69) is 53.1 Å². The van der Waals surface area contributed by atoms with Crippen LogP contribution in [-0.2, 0) is 6.18 Å². The first-order valence-corrected chi connectivity index (χ1v) is 8.51. The second-order valence-corrected chi connectivity index (χ2v) is 8.54. The van der Waals surface area contributed by atoms with E-state index < -0.39 is 17.6 Å². The summed E-state index contributed by atoms with van der Waals surface area (Å²) < 4.78 is 40.5. The molecule has 0 aliphatic rings. The van der Waals surface area contributed by atoms with Gasteiger partial charge in [0.2, 0.25) is 0 Å². The number of anilines is 1. The zero-order valence-electron chi connectivity index (χ0n) is 9.89. The van der Waals surface area contributed by atoms with Crippen LogP contribution in [0.5, 0.6) is 0 Å². The van der Waals surface area contributed by atoms with E-state index in [1.807, 2.05) is 0 Å². The Morgan fingerprint density at radius 1 is 1.14 bits per heavy atom. The largest absolute Gasteiger partial charge is 0.418 e. The van der Waals surface area contributed by atoms with Crippen LogP contribution in [0.15, 0.2) is 36.3 Å². The predicted molar refractivity (Wildman–Crippen MR) is 86.8 cm³/mol. The predicted octanol–water partition coefficient (Wildman–Crippen LogP) is 6.31. The second-order valence-electron chi connectivity index (χ2n) is 3.88. The number of halogens is 6. The van der Waals surface area contributed by atoms with Crippen LogP contribution in [0.2, 0.25) is 0 Å². The van der Waals surface area contributed by atoms with Crippen LogP contribution in [0.25, 0.3) is 0 Å². The van der Waals surface area contributed by atoms with E-state index in [-0.39, 0.29) is 15.7 Å². The molecule has 9 heteroatoms. The number of hydrogen-bond acceptors (Lipinski definition) is 2. The average molecular weight is 508 g/mol. The molecule has 2 nitrogen and oxygen atoms in total. The molecule has 1 N–H and O–H groups in total. The fourth-order valence-corrected chi connectivity index (χ4v) is 4.70. The maximum Gasteiger partial charge on any atom is 0.418 e. The van der Waals surface area contributed by atoms with Gasteiger partial charge in [-0.1, -0.05) is 15.9 Å². The van der Waals surface area contributed by atoms with Crippen molar-refractivity contribution in [2.45, 2.75) is 6.18 Å². The Morgan fingerprint density at radius 2 is 1.81 bits per heavy atom. The summed E-state index contributed by atoms with van der Waals surface area (Å²) in [7, 11) is 0. The molecule has 1 aromatic carbocycles. The number of benzene rings is 1. The standard InChI is InChI=1S/C12H5Br3F3NOS/c13-5-1-2-8(7(3-5)12(16,17)18)19-11(20)6-4-9(14)21-10(6)15/h1-4H,(H,19,20). The van der Waals surface area contributed by atoms with Gasteiger partial charge in [0, 0.05) is 4.47 Å². The van der Waals surface area contributed by atoms with Gasteiger partial charge < -0.3 is 5.32 Å². The number of amides is 1. The van der Waals surface area contributed by atoms with Crippen molar-refractivity contribution in [2.24, 2.45) is 0 Å². The Balaban J connectivity index is 2.36. The van der Waals surface area contributed by atoms with Crippen LogP contribution >= 0.6 is 59.1 Å². The number of thiophene rings is 1. The molecule has 21 heavy (non-hydrogen) atoms. The number of rotatable bonds is 2. The molecule has 112 valence electrons. The van der Waals surface area contributed by atoms with Gasteiger partial charge in [-0.25, -0.2) is 0 Å². The van der Waals surface area contributed by atoms with Crippen molar-refractivity contribution in [3.63, 3.8) is 0 Å². The van der Waals surface area contributed by atoms with Crippen LogP contribution in [0.1, 0.15) is 15.9 Å². The second kappa shape index (κ2) is 6.39. The molecule has 0 saturated carbocycles. The summed E-state index contributed by atoms with van der Waals surface area (Å²) in [5.74, 6) is -0.614. The van der Waals surface area contributed by atoms with E-state index in [1.54, 1.807) is 0 Å². The first-order chi connectivity index (χ1) is 9.68. The maximum atomic E-state index is 13.0. The Morgan fingerprint density at radius 3 is 2.33 bits per heavy atom. The van der Waals surface area contributed by atoms with E-state index in [9.17, 15) is 18.0 Å². The lowest BCUT2D eigenvalue weighted by Gasteiger charge is -2.14. The first kappa shape index (κ1) is 17.0. The normalized spacial score (nSPS) is 11.5. The van der Waals surface area contributed by atoms with Crippen LogP contribution in [0, 0.1) is 0 Å². The minimum atomic E-state index is -4.56. The summed E-state index contributed by atoms with van der Waals surface area (Å²) in [5.41, 5.74) is -0.927. The van der Waals surface area contributed by atoms with Gasteiger partial charge in [-0.3, -0.25) is 4.79 Å². The molecule has 0 radical (unpaired) electrons. The lowest BCUT2D eigenvalue weighted by atomic mass is 10.1. The minimum Gasteiger partial charge on any atom is -0.321 e. The van der Waals surface area contributed by atoms with Crippen molar-refractivity contribution in [2.75, 3.05) is 5.32 Å². The monoisotopic (exact) mass is 505 g/mol. The van der Waals surface area contributed by atoms with Crippen LogP contribution in [0.3, 0.4) is 0 Å². The molecular formula is C12H5Br3F3NOS. The van der Waals surface area contributed by atoms with Gasteiger partial charge in [-0.15, -0.1) is 11.3 Å². The molecule has 0 saturated heterocycles. The highest BCUT2D eigenvalue weighted by Crippen LogP contribution is 2.37. The summed E-state index contributed by atoms with van der Waals surface area (Å²) in [6.07, 6.45) is -4.56. The zero-order chi connectivity index (χ0) is 15.8. The van der Waals surface area contributed by atoms with Gasteiger partial charge in [0.15, 0.2) is 0 Å². The summed E-state index contributed by atoms with van der Waals surface area (Å²) in [5, 5.41) is 2.29. The third-order valence-corrected chi connectivity index (χ3v) is 5.27. The molecule has 0 atom stereocenters. The molecule has 0 aliphatic carbocycles. The number of carbonyl (C=O) groups excluding carboxylic acids is 1. The highest BCUT2D eigenvalue weighted by Gasteiger charge is 2.34. The van der Waals surface area contributed by atoms with Crippen LogP contribution in [-0.4, -0.2) is 5.91 Å². The quantitative estimate of drug-likeness (QED) is 0.507. The lowest BCUT2D eigenvalue weighted by molar-refractivity contribution is -0.136. The van der Waals surface area contributed by atoms with E-state index >= 15 is 0 Å². The number of hydrogen-bond donors (Lipinski definition) is 1. The van der Waals surface area contributed by atoms with Crippen molar-refractivity contribution in [1.29, 1.82) is 0 Å². The Kier molecular flexibility index (Phi) is 5.17. The van der Waals surface area contributed by atoms with Gasteiger partial charge in [-0.2, -0.15) is 13.2 Å². The minimum absolute atomic E-state index is 0.267. The zero-order valence-corrected chi connectivity index (χ0v) is 15.5. The molecule has 2 aromatic rings. The summed E-state index contributed by atoms with van der Waals surface area (Å²) in [6.45, 7) is 0. The number of alkyl halides is 3. The summed E-state index contributed by atoms with van der Waals surface area (Å²) in [4.78, 5) is 12.1. The highest BCUT2D eigenvalue weighted by atomic mass is 79.9. The van der Waals surface area contributed by atoms with Gasteiger partial charge in [0.1, 0.15) is 0 Å². The summed E-state index contributed by atoms with van der Waals surface area (Å²) in [6, 6.07) is 5.11. The van der Waals surface area contributed by atoms with E-state index in [0.717, 1.165) is 6.07 Å². The van der Waals surface area contributed by atoms with E-state index in [0.29, 0.717) is 7.57 Å². The summed E-state index contributed by atoms with van der Waals surface area (Å²) >= 11 is 10.7. The van der Waals surface area contributed by atoms with Crippen LogP contribution < -0.4 is 5.32 Å². The highest BCUT2D eigenvalue weighted by molar-refractivity contribution is 9.12. The molecule has 0 fully saturated rings. The van der Waals surface area contributed by atoms with Crippen LogP contribution in [0.4, 0.5) is 18.9 Å². The number of carbonyl (C=O) groups is 1. The molecular weight excluding hydrogens is 503 g/mol. The molecule has 2 rings (SSSR count). The number of nitrogens with one attached hydrogen (secondary N) is 1. The van der Waals surface area contributed by atoms with Crippen molar-refractivity contribution in [3.05, 3.63) is 47.4 Å². The van der Waals surface area contributed by atoms with Crippen molar-refractivity contribution < 1.29 is 18.0 Å². The molecule has 1 heterocycles. The third-order valence-electron chi connectivity index (χ3n) is 2.44. The molecule has 0 spiro atoms. The Labute approximate surface area is 147 Å². The third kappa shape index (κ3) is 4.08. The Bertz CT molecular complexity index is 700. The average Bonchev–Trinajstić information content (AvgIpc) is 2.69. The van der Waals surface area contributed by atoms with E-state index in [4.69, 9.17) is 0 Å². The molecule has 0 aliphatic heterocycles. The van der Waals surface area contributed by atoms with Gasteiger partial charge in [-0.05, 0) is 56.1 Å². The van der Waals surface area contributed by atoms with Crippen molar-refractivity contribution in [3.8, 4) is 0 Å². The maximum absolute atomic E-state index is 13.0. The topological polar surface area (TPSA) is 29.1 Å². The molecule has 0 unspecified atom stereocenters. The molecule has 1 aromatic heterocycles. The lowest BCUT2D eigenvalue weighted by Crippen LogP contribution is -2.16. The smallest absolute Gasteiger partial charge is 0.321 e. The first-order valence-electron chi connectivity index (χ1n) is 5.31. The molecule has 0 bridgehead atoms. The van der Waals surface area contributed by atoms with E-state index in [1.165, 1.54) is 29.5 Å². The molecule has 1 amide bonds. The van der Waals surface area contributed by atoms with Crippen molar-refractivity contribution >= 4 is 70.7 Å². The fraction of sp³-hybridized carbons (Fsp3) is 0.0833. The Hall–Kier alpha value is -0.380. The van der Waals surface area contributed by atoms with Crippen molar-refractivity contribution in [1.82, 2.24) is 0 Å².